The summed E-state index contributed by atoms with van der Waals surface area (Å²) in [7, 11) is 0. The molecule has 4 rings (SSSR count). The van der Waals surface area contributed by atoms with E-state index in [9.17, 15) is 32.7 Å². The van der Waals surface area contributed by atoms with Gasteiger partial charge in [0.1, 0.15) is 35.4 Å². The average molecular weight is 507 g/mol. The van der Waals surface area contributed by atoms with Crippen molar-refractivity contribution in [2.45, 2.75) is 13.0 Å². The molecule has 8 nitrogen and oxygen atoms in total. The fourth-order valence-corrected chi connectivity index (χ4v) is 4.43. The Hall–Kier alpha value is -3.90. The van der Waals surface area contributed by atoms with E-state index >= 15 is 0 Å². The smallest absolute Gasteiger partial charge is 0.346 e. The van der Waals surface area contributed by atoms with Crippen molar-refractivity contribution in [2.24, 2.45) is 0 Å². The zero-order chi connectivity index (χ0) is 25.3. The van der Waals surface area contributed by atoms with E-state index in [4.69, 9.17) is 14.6 Å². The number of aliphatic hydroxyl groups excluding tert-OH is 1. The second-order valence-corrected chi connectivity index (χ2v) is 8.17. The molecule has 0 spiro atoms. The number of benzene rings is 2. The Morgan fingerprint density at radius 2 is 1.83 bits per heavy atom. The Labute approximate surface area is 199 Å². The number of thiophene rings is 1. The van der Waals surface area contributed by atoms with Crippen LogP contribution < -0.4 is 14.4 Å². The molecule has 0 atom stereocenters. The van der Waals surface area contributed by atoms with Gasteiger partial charge in [-0.25, -0.2) is 22.9 Å². The molecule has 0 saturated carbocycles. The monoisotopic (exact) mass is 507 g/mol. The number of ether oxygens (including phenoxy) is 2. The lowest BCUT2D eigenvalue weighted by Gasteiger charge is -2.26. The van der Waals surface area contributed by atoms with Gasteiger partial charge in [0.15, 0.2) is 11.6 Å². The Kier molecular flexibility index (Phi) is 6.76. The summed E-state index contributed by atoms with van der Waals surface area (Å²) in [6.07, 6.45) is -0.310. The van der Waals surface area contributed by atoms with E-state index in [1.165, 1.54) is 5.38 Å². The van der Waals surface area contributed by atoms with Crippen LogP contribution in [0.3, 0.4) is 0 Å². The third kappa shape index (κ3) is 4.57. The largest absolute Gasteiger partial charge is 0.491 e. The molecule has 1 aliphatic rings. The summed E-state index contributed by atoms with van der Waals surface area (Å²) in [5.74, 6) is -6.65. The first-order valence-corrected chi connectivity index (χ1v) is 10.9. The number of halogens is 3. The highest BCUT2D eigenvalue weighted by Crippen LogP contribution is 2.35. The number of fused-ring (bicyclic) bond motifs is 1. The molecule has 1 aromatic heterocycles. The molecule has 0 fully saturated rings. The lowest BCUT2D eigenvalue weighted by molar-refractivity contribution is -0.117. The molecule has 3 aromatic rings. The molecule has 2 N–H and O–H groups in total. The van der Waals surface area contributed by atoms with E-state index in [1.807, 2.05) is 0 Å². The molecule has 2 amide bonds. The zero-order valence-electron chi connectivity index (χ0n) is 17.7. The van der Waals surface area contributed by atoms with Crippen molar-refractivity contribution in [1.29, 1.82) is 0 Å². The fraction of sp³-hybridized carbons (Fsp3) is 0.174. The second kappa shape index (κ2) is 9.76. The molecule has 35 heavy (non-hydrogen) atoms. The highest BCUT2D eigenvalue weighted by Gasteiger charge is 2.38. The number of aromatic carboxylic acids is 1. The summed E-state index contributed by atoms with van der Waals surface area (Å²) in [4.78, 5) is 37.4. The predicted octanol–water partition coefficient (Wildman–Crippen LogP) is 3.54. The first kappa shape index (κ1) is 24.2. The molecular weight excluding hydrogens is 491 g/mol. The first-order valence-electron chi connectivity index (χ1n) is 10.1. The number of imide groups is 1. The number of carboxylic acids is 1. The quantitative estimate of drug-likeness (QED) is 0.449. The van der Waals surface area contributed by atoms with Crippen LogP contribution in [-0.4, -0.2) is 41.2 Å². The Balaban J connectivity index is 1.64. The van der Waals surface area contributed by atoms with Gasteiger partial charge in [0, 0.05) is 6.07 Å². The highest BCUT2D eigenvalue weighted by atomic mass is 32.1. The fourth-order valence-electron chi connectivity index (χ4n) is 3.54. The molecule has 0 aliphatic carbocycles. The second-order valence-electron chi connectivity index (χ2n) is 7.29. The standard InChI is InChI=1S/C23H16F3NO7S/c24-14-2-1-12(34-9-13-17(33-6-5-28)4-3-15(25)20(13)26)8-16(14)27-18(29)7-11-10-35-21(23(31)32)19(11)22(27)30/h1-4,8,10,28H,5-7,9H2,(H,31,32). The molecule has 1 aliphatic heterocycles. The molecule has 12 heteroatoms. The van der Waals surface area contributed by atoms with Crippen LogP contribution >= 0.6 is 11.3 Å². The minimum Gasteiger partial charge on any atom is -0.491 e. The van der Waals surface area contributed by atoms with Gasteiger partial charge in [-0.05, 0) is 35.2 Å². The van der Waals surface area contributed by atoms with Crippen LogP contribution in [0.4, 0.5) is 18.9 Å². The highest BCUT2D eigenvalue weighted by molar-refractivity contribution is 7.12. The van der Waals surface area contributed by atoms with E-state index in [1.54, 1.807) is 0 Å². The van der Waals surface area contributed by atoms with Gasteiger partial charge < -0.3 is 19.7 Å². The van der Waals surface area contributed by atoms with Crippen LogP contribution in [0.2, 0.25) is 0 Å². The Morgan fingerprint density at radius 1 is 1.09 bits per heavy atom. The van der Waals surface area contributed by atoms with E-state index in [0.29, 0.717) is 4.90 Å². The van der Waals surface area contributed by atoms with Gasteiger partial charge in [-0.1, -0.05) is 0 Å². The van der Waals surface area contributed by atoms with Gasteiger partial charge in [0.05, 0.1) is 29.8 Å². The summed E-state index contributed by atoms with van der Waals surface area (Å²) >= 11 is 0.788. The van der Waals surface area contributed by atoms with Crippen molar-refractivity contribution >= 4 is 34.8 Å². The number of carbonyl (C=O) groups is 3. The minimum absolute atomic E-state index is 0.0761. The molecule has 182 valence electrons. The SMILES string of the molecule is O=C(O)c1scc2c1C(=O)N(c1cc(OCc3c(OCCO)ccc(F)c3F)ccc1F)C(=O)C2. The summed E-state index contributed by atoms with van der Waals surface area (Å²) in [5, 5.41) is 19.7. The summed E-state index contributed by atoms with van der Waals surface area (Å²) in [6, 6.07) is 5.10. The third-order valence-corrected chi connectivity index (χ3v) is 6.13. The number of nitrogens with zero attached hydrogens (tertiary/aromatic N) is 1. The van der Waals surface area contributed by atoms with Crippen molar-refractivity contribution in [3.05, 3.63) is 74.7 Å². The number of aliphatic hydroxyl groups is 1. The number of amides is 2. The van der Waals surface area contributed by atoms with Gasteiger partial charge >= 0.3 is 5.97 Å². The van der Waals surface area contributed by atoms with Crippen LogP contribution in [0.15, 0.2) is 35.7 Å². The molecule has 0 saturated heterocycles. The molecule has 2 heterocycles. The van der Waals surface area contributed by atoms with E-state index < -0.39 is 47.5 Å². The third-order valence-electron chi connectivity index (χ3n) is 5.11. The minimum atomic E-state index is -1.35. The summed E-state index contributed by atoms with van der Waals surface area (Å²) in [5.41, 5.74) is -0.741. The number of rotatable bonds is 8. The first-order chi connectivity index (χ1) is 16.7. The lowest BCUT2D eigenvalue weighted by atomic mass is 10.0. The summed E-state index contributed by atoms with van der Waals surface area (Å²) < 4.78 is 53.4. The van der Waals surface area contributed by atoms with Crippen molar-refractivity contribution in [1.82, 2.24) is 0 Å². The van der Waals surface area contributed by atoms with E-state index in [-0.39, 0.29) is 52.7 Å². The van der Waals surface area contributed by atoms with E-state index in [2.05, 4.69) is 0 Å². The maximum atomic E-state index is 14.7. The number of hydrogen-bond acceptors (Lipinski definition) is 7. The molecular formula is C23H16F3NO7S. The van der Waals surface area contributed by atoms with Crippen molar-refractivity contribution in [3.8, 4) is 11.5 Å². The van der Waals surface area contributed by atoms with Gasteiger partial charge in [0.25, 0.3) is 5.91 Å². The zero-order valence-corrected chi connectivity index (χ0v) is 18.5. The Morgan fingerprint density at radius 3 is 2.54 bits per heavy atom. The number of carboxylic acid groups (broad SMARTS) is 1. The topological polar surface area (TPSA) is 113 Å². The van der Waals surface area contributed by atoms with Gasteiger partial charge in [-0.3, -0.25) is 9.59 Å². The van der Waals surface area contributed by atoms with E-state index in [0.717, 1.165) is 41.7 Å². The van der Waals surface area contributed by atoms with Crippen LogP contribution in [-0.2, 0) is 17.8 Å². The molecule has 0 bridgehead atoms. The van der Waals surface area contributed by atoms with Crippen LogP contribution in [0.5, 0.6) is 11.5 Å². The Bertz CT molecular complexity index is 1340. The number of anilines is 1. The van der Waals surface area contributed by atoms with Crippen molar-refractivity contribution in [3.63, 3.8) is 0 Å². The van der Waals surface area contributed by atoms with Crippen LogP contribution in [0, 0.1) is 17.5 Å². The number of carbonyl (C=O) groups excluding carboxylic acids is 2. The maximum Gasteiger partial charge on any atom is 0.346 e. The predicted molar refractivity (Wildman–Crippen MR) is 116 cm³/mol. The molecule has 2 aromatic carbocycles. The molecule has 0 radical (unpaired) electrons. The summed E-state index contributed by atoms with van der Waals surface area (Å²) in [6.45, 7) is -1.11. The van der Waals surface area contributed by atoms with Crippen molar-refractivity contribution in [2.75, 3.05) is 18.1 Å². The van der Waals surface area contributed by atoms with Crippen LogP contribution in [0.25, 0.3) is 0 Å². The number of hydrogen-bond donors (Lipinski definition) is 2. The van der Waals surface area contributed by atoms with Gasteiger partial charge in [-0.15, -0.1) is 11.3 Å². The molecule has 0 unspecified atom stereocenters. The lowest BCUT2D eigenvalue weighted by Crippen LogP contribution is -2.43. The van der Waals surface area contributed by atoms with Gasteiger partial charge in [0.2, 0.25) is 5.91 Å². The normalized spacial score (nSPS) is 13.1. The van der Waals surface area contributed by atoms with Crippen LogP contribution in [0.1, 0.15) is 31.2 Å². The van der Waals surface area contributed by atoms with Gasteiger partial charge in [-0.2, -0.15) is 0 Å². The maximum absolute atomic E-state index is 14.7. The van der Waals surface area contributed by atoms with Crippen molar-refractivity contribution < 1.29 is 47.2 Å². The average Bonchev–Trinajstić information content (AvgIpc) is 3.25.